The van der Waals surface area contributed by atoms with E-state index in [-0.39, 0.29) is 5.91 Å². The minimum absolute atomic E-state index is 0.0421. The fourth-order valence-corrected chi connectivity index (χ4v) is 4.56. The predicted molar refractivity (Wildman–Crippen MR) is 128 cm³/mol. The van der Waals surface area contributed by atoms with Crippen molar-refractivity contribution < 1.29 is 9.53 Å². The van der Waals surface area contributed by atoms with Crippen molar-refractivity contribution in [2.75, 3.05) is 44.6 Å². The normalized spacial score (nSPS) is 16.4. The second-order valence-electron chi connectivity index (χ2n) is 8.55. The third kappa shape index (κ3) is 4.85. The highest BCUT2D eigenvalue weighted by Crippen LogP contribution is 2.28. The number of benzene rings is 3. The third-order valence-electron chi connectivity index (χ3n) is 6.28. The lowest BCUT2D eigenvalue weighted by Crippen LogP contribution is -2.48. The first-order valence-electron chi connectivity index (χ1n) is 11.4. The van der Waals surface area contributed by atoms with Crippen LogP contribution in [0.2, 0.25) is 0 Å². The number of fused-ring (bicyclic) bond motifs is 1. The number of amides is 1. The van der Waals surface area contributed by atoms with E-state index < -0.39 is 0 Å². The standard InChI is InChI=1S/C27H29N3O2/c31-27(28-25-9-5-4-8-24(25)22-6-2-1-3-7-22)20-30-15-13-29(14-16-30)19-21-10-11-26-23(18-21)12-17-32-26/h1-11,18H,12-17,19-20H2,(H,28,31). The van der Waals surface area contributed by atoms with Crippen molar-refractivity contribution in [3.8, 4) is 16.9 Å². The summed E-state index contributed by atoms with van der Waals surface area (Å²) in [5.74, 6) is 1.08. The van der Waals surface area contributed by atoms with Gasteiger partial charge in [-0.05, 0) is 28.8 Å². The van der Waals surface area contributed by atoms with Crippen LogP contribution in [0, 0.1) is 0 Å². The largest absolute Gasteiger partial charge is 0.493 e. The number of carbonyl (C=O) groups excluding carboxylic acids is 1. The predicted octanol–water partition coefficient (Wildman–Crippen LogP) is 4.04. The lowest BCUT2D eigenvalue weighted by molar-refractivity contribution is -0.117. The van der Waals surface area contributed by atoms with E-state index in [1.54, 1.807) is 0 Å². The average molecular weight is 428 g/mol. The highest BCUT2D eigenvalue weighted by Gasteiger charge is 2.20. The molecule has 0 radical (unpaired) electrons. The van der Waals surface area contributed by atoms with Gasteiger partial charge in [-0.15, -0.1) is 0 Å². The lowest BCUT2D eigenvalue weighted by atomic mass is 10.0. The maximum Gasteiger partial charge on any atom is 0.238 e. The molecule has 3 aromatic rings. The van der Waals surface area contributed by atoms with Gasteiger partial charge in [0.2, 0.25) is 5.91 Å². The molecule has 1 fully saturated rings. The van der Waals surface area contributed by atoms with Crippen LogP contribution in [-0.4, -0.2) is 55.0 Å². The van der Waals surface area contributed by atoms with E-state index in [4.69, 9.17) is 4.74 Å². The van der Waals surface area contributed by atoms with Crippen molar-refractivity contribution in [2.24, 2.45) is 0 Å². The van der Waals surface area contributed by atoms with Crippen molar-refractivity contribution >= 4 is 11.6 Å². The van der Waals surface area contributed by atoms with Crippen LogP contribution >= 0.6 is 0 Å². The maximum atomic E-state index is 12.8. The number of para-hydroxylation sites is 1. The molecule has 0 atom stereocenters. The van der Waals surface area contributed by atoms with Gasteiger partial charge in [-0.25, -0.2) is 0 Å². The van der Waals surface area contributed by atoms with Gasteiger partial charge in [0.15, 0.2) is 0 Å². The Kier molecular flexibility index (Phi) is 6.19. The Morgan fingerprint density at radius 3 is 2.47 bits per heavy atom. The van der Waals surface area contributed by atoms with Crippen molar-refractivity contribution in [1.82, 2.24) is 9.80 Å². The Morgan fingerprint density at radius 2 is 1.62 bits per heavy atom. The zero-order chi connectivity index (χ0) is 21.8. The van der Waals surface area contributed by atoms with Crippen molar-refractivity contribution in [1.29, 1.82) is 0 Å². The topological polar surface area (TPSA) is 44.8 Å². The van der Waals surface area contributed by atoms with Crippen LogP contribution in [0.5, 0.6) is 5.75 Å². The van der Waals surface area contributed by atoms with Gasteiger partial charge >= 0.3 is 0 Å². The molecule has 5 nitrogen and oxygen atoms in total. The number of nitrogens with one attached hydrogen (secondary N) is 1. The highest BCUT2D eigenvalue weighted by atomic mass is 16.5. The van der Waals surface area contributed by atoms with Crippen LogP contribution in [0.4, 0.5) is 5.69 Å². The molecule has 0 spiro atoms. The smallest absolute Gasteiger partial charge is 0.238 e. The van der Waals surface area contributed by atoms with Crippen molar-refractivity contribution in [3.05, 3.63) is 83.9 Å². The first kappa shape index (κ1) is 20.7. The molecule has 5 heteroatoms. The molecule has 0 aromatic heterocycles. The first-order valence-corrected chi connectivity index (χ1v) is 11.4. The molecule has 0 saturated carbocycles. The summed E-state index contributed by atoms with van der Waals surface area (Å²) in [5.41, 5.74) is 5.69. The molecular formula is C27H29N3O2. The zero-order valence-corrected chi connectivity index (χ0v) is 18.3. The van der Waals surface area contributed by atoms with Gasteiger partial charge in [0, 0.05) is 50.4 Å². The number of hydrogen-bond donors (Lipinski definition) is 1. The fraction of sp³-hybridized carbons (Fsp3) is 0.296. The zero-order valence-electron chi connectivity index (χ0n) is 18.3. The molecule has 1 amide bonds. The number of rotatable bonds is 6. The molecule has 1 N–H and O–H groups in total. The minimum atomic E-state index is 0.0421. The summed E-state index contributed by atoms with van der Waals surface area (Å²) in [7, 11) is 0. The Morgan fingerprint density at radius 1 is 0.875 bits per heavy atom. The lowest BCUT2D eigenvalue weighted by Gasteiger charge is -2.34. The van der Waals surface area contributed by atoms with E-state index in [1.165, 1.54) is 11.1 Å². The summed E-state index contributed by atoms with van der Waals surface area (Å²) >= 11 is 0. The van der Waals surface area contributed by atoms with Gasteiger partial charge in [-0.2, -0.15) is 0 Å². The summed E-state index contributed by atoms with van der Waals surface area (Å²) < 4.78 is 5.61. The van der Waals surface area contributed by atoms with Gasteiger partial charge in [-0.1, -0.05) is 60.7 Å². The number of anilines is 1. The summed E-state index contributed by atoms with van der Waals surface area (Å²) in [4.78, 5) is 17.5. The van der Waals surface area contributed by atoms with Gasteiger partial charge in [0.05, 0.1) is 13.2 Å². The molecule has 1 saturated heterocycles. The molecule has 0 unspecified atom stereocenters. The summed E-state index contributed by atoms with van der Waals surface area (Å²) in [6, 6.07) is 24.7. The maximum absolute atomic E-state index is 12.8. The van der Waals surface area contributed by atoms with Gasteiger partial charge in [-0.3, -0.25) is 14.6 Å². The van der Waals surface area contributed by atoms with Crippen LogP contribution in [0.25, 0.3) is 11.1 Å². The summed E-state index contributed by atoms with van der Waals surface area (Å²) in [6.07, 6.45) is 1.01. The van der Waals surface area contributed by atoms with Crippen LogP contribution in [0.1, 0.15) is 11.1 Å². The van der Waals surface area contributed by atoms with Crippen LogP contribution < -0.4 is 10.1 Å². The second kappa shape index (κ2) is 9.55. The molecule has 32 heavy (non-hydrogen) atoms. The molecule has 3 aromatic carbocycles. The second-order valence-corrected chi connectivity index (χ2v) is 8.55. The fourth-order valence-electron chi connectivity index (χ4n) is 4.56. The van der Waals surface area contributed by atoms with Crippen molar-refractivity contribution in [3.63, 3.8) is 0 Å². The number of carbonyl (C=O) groups is 1. The third-order valence-corrected chi connectivity index (χ3v) is 6.28. The van der Waals surface area contributed by atoms with E-state index in [2.05, 4.69) is 51.5 Å². The number of nitrogens with zero attached hydrogens (tertiary/aromatic N) is 2. The SMILES string of the molecule is O=C(CN1CCN(Cc2ccc3c(c2)CCO3)CC1)Nc1ccccc1-c1ccccc1. The molecule has 2 aliphatic rings. The van der Waals surface area contributed by atoms with Crippen LogP contribution in [0.15, 0.2) is 72.8 Å². The Hall–Kier alpha value is -3.15. The first-order chi connectivity index (χ1) is 15.7. The monoisotopic (exact) mass is 427 g/mol. The summed E-state index contributed by atoms with van der Waals surface area (Å²) in [5, 5.41) is 3.13. The van der Waals surface area contributed by atoms with Crippen molar-refractivity contribution in [2.45, 2.75) is 13.0 Å². The van der Waals surface area contributed by atoms with E-state index in [1.807, 2.05) is 36.4 Å². The van der Waals surface area contributed by atoms with Crippen LogP contribution in [0.3, 0.4) is 0 Å². The molecule has 0 bridgehead atoms. The van der Waals surface area contributed by atoms with E-state index in [0.29, 0.717) is 6.54 Å². The average Bonchev–Trinajstić information content (AvgIpc) is 3.29. The Bertz CT molecular complexity index is 1080. The summed E-state index contributed by atoms with van der Waals surface area (Å²) in [6.45, 7) is 5.94. The molecule has 2 heterocycles. The van der Waals surface area contributed by atoms with Gasteiger partial charge in [0.1, 0.15) is 5.75 Å². The molecule has 5 rings (SSSR count). The number of hydrogen-bond acceptors (Lipinski definition) is 4. The molecule has 2 aliphatic heterocycles. The van der Waals surface area contributed by atoms with E-state index in [9.17, 15) is 4.79 Å². The minimum Gasteiger partial charge on any atom is -0.493 e. The molecule has 164 valence electrons. The van der Waals surface area contributed by atoms with Crippen LogP contribution in [-0.2, 0) is 17.8 Å². The number of ether oxygens (including phenoxy) is 1. The molecule has 0 aliphatic carbocycles. The Labute approximate surface area is 189 Å². The molecular weight excluding hydrogens is 398 g/mol. The van der Waals surface area contributed by atoms with Gasteiger partial charge < -0.3 is 10.1 Å². The highest BCUT2D eigenvalue weighted by molar-refractivity contribution is 5.96. The van der Waals surface area contributed by atoms with Gasteiger partial charge in [0.25, 0.3) is 0 Å². The number of piperazine rings is 1. The quantitative estimate of drug-likeness (QED) is 0.645. The Balaban J connectivity index is 1.13. The van der Waals surface area contributed by atoms with E-state index >= 15 is 0 Å². The van der Waals surface area contributed by atoms with E-state index in [0.717, 1.165) is 68.3 Å².